The molecular formula is C10H16O3. The van der Waals surface area contributed by atoms with E-state index in [0.717, 1.165) is 19.4 Å². The Morgan fingerprint density at radius 3 is 2.69 bits per heavy atom. The van der Waals surface area contributed by atoms with Crippen LogP contribution in [0.1, 0.15) is 32.6 Å². The second-order valence-electron chi connectivity index (χ2n) is 3.58. The number of ether oxygens (including phenoxy) is 1. The highest BCUT2D eigenvalue weighted by atomic mass is 16.5. The molecule has 1 aliphatic heterocycles. The van der Waals surface area contributed by atoms with E-state index in [4.69, 9.17) is 4.74 Å². The van der Waals surface area contributed by atoms with Crippen LogP contribution in [0.3, 0.4) is 0 Å². The van der Waals surface area contributed by atoms with E-state index >= 15 is 0 Å². The van der Waals surface area contributed by atoms with E-state index in [1.54, 1.807) is 0 Å². The van der Waals surface area contributed by atoms with Crippen molar-refractivity contribution in [3.8, 4) is 0 Å². The minimum absolute atomic E-state index is 0.0492. The van der Waals surface area contributed by atoms with Crippen molar-refractivity contribution < 1.29 is 14.3 Å². The summed E-state index contributed by atoms with van der Waals surface area (Å²) < 4.78 is 5.20. The molecular weight excluding hydrogens is 168 g/mol. The first-order valence-corrected chi connectivity index (χ1v) is 4.80. The molecule has 1 fully saturated rings. The van der Waals surface area contributed by atoms with Gasteiger partial charge in [-0.2, -0.15) is 0 Å². The smallest absolute Gasteiger partial charge is 0.138 e. The van der Waals surface area contributed by atoms with Gasteiger partial charge in [0.25, 0.3) is 0 Å². The number of carbonyl (C=O) groups excluding carboxylic acids is 2. The Kier molecular flexibility index (Phi) is 4.09. The van der Waals surface area contributed by atoms with Crippen molar-refractivity contribution in [2.75, 3.05) is 13.2 Å². The van der Waals surface area contributed by atoms with Crippen molar-refractivity contribution in [1.29, 1.82) is 0 Å². The van der Waals surface area contributed by atoms with Crippen molar-refractivity contribution >= 4 is 11.6 Å². The van der Waals surface area contributed by atoms with E-state index in [9.17, 15) is 9.59 Å². The molecule has 3 heteroatoms. The molecule has 0 aliphatic carbocycles. The SMILES string of the molecule is CC(=O)CCC(=O)C1CCCOC1. The van der Waals surface area contributed by atoms with Crippen LogP contribution in [0.2, 0.25) is 0 Å². The van der Waals surface area contributed by atoms with Gasteiger partial charge in [-0.1, -0.05) is 0 Å². The third-order valence-corrected chi connectivity index (χ3v) is 2.34. The molecule has 1 heterocycles. The van der Waals surface area contributed by atoms with E-state index in [0.29, 0.717) is 19.4 Å². The molecule has 0 spiro atoms. The Morgan fingerprint density at radius 1 is 1.38 bits per heavy atom. The third kappa shape index (κ3) is 3.68. The second-order valence-corrected chi connectivity index (χ2v) is 3.58. The van der Waals surface area contributed by atoms with Gasteiger partial charge in [-0.3, -0.25) is 4.79 Å². The zero-order chi connectivity index (χ0) is 9.68. The first-order valence-electron chi connectivity index (χ1n) is 4.80. The van der Waals surface area contributed by atoms with E-state index in [1.807, 2.05) is 0 Å². The maximum Gasteiger partial charge on any atom is 0.138 e. The van der Waals surface area contributed by atoms with Crippen LogP contribution in [0.25, 0.3) is 0 Å². The molecule has 1 saturated heterocycles. The van der Waals surface area contributed by atoms with Crippen LogP contribution in [0.15, 0.2) is 0 Å². The molecule has 0 aromatic heterocycles. The molecule has 0 aromatic rings. The normalized spacial score (nSPS) is 22.7. The summed E-state index contributed by atoms with van der Waals surface area (Å²) in [4.78, 5) is 22.1. The van der Waals surface area contributed by atoms with Crippen molar-refractivity contribution in [3.63, 3.8) is 0 Å². The van der Waals surface area contributed by atoms with E-state index in [-0.39, 0.29) is 17.5 Å². The van der Waals surface area contributed by atoms with Gasteiger partial charge in [0.05, 0.1) is 6.61 Å². The lowest BCUT2D eigenvalue weighted by atomic mass is 9.94. The molecule has 0 N–H and O–H groups in total. The summed E-state index contributed by atoms with van der Waals surface area (Å²) in [5.41, 5.74) is 0. The number of Topliss-reactive ketones (excluding diaryl/α,β-unsaturated/α-hetero) is 2. The summed E-state index contributed by atoms with van der Waals surface area (Å²) in [5.74, 6) is 0.327. The fraction of sp³-hybridized carbons (Fsp3) is 0.800. The lowest BCUT2D eigenvalue weighted by Crippen LogP contribution is -2.25. The first-order chi connectivity index (χ1) is 6.20. The molecule has 1 unspecified atom stereocenters. The highest BCUT2D eigenvalue weighted by molar-refractivity contribution is 5.86. The van der Waals surface area contributed by atoms with E-state index in [2.05, 4.69) is 0 Å². The van der Waals surface area contributed by atoms with Gasteiger partial charge in [0, 0.05) is 25.4 Å². The quantitative estimate of drug-likeness (QED) is 0.662. The van der Waals surface area contributed by atoms with Gasteiger partial charge < -0.3 is 9.53 Å². The molecule has 0 saturated carbocycles. The van der Waals surface area contributed by atoms with Crippen LogP contribution in [0.4, 0.5) is 0 Å². The molecule has 0 amide bonds. The van der Waals surface area contributed by atoms with Crippen molar-refractivity contribution in [3.05, 3.63) is 0 Å². The minimum atomic E-state index is 0.0492. The summed E-state index contributed by atoms with van der Waals surface area (Å²) in [7, 11) is 0. The molecule has 1 atom stereocenters. The third-order valence-electron chi connectivity index (χ3n) is 2.34. The molecule has 0 radical (unpaired) electrons. The van der Waals surface area contributed by atoms with Gasteiger partial charge in [0.2, 0.25) is 0 Å². The fourth-order valence-corrected chi connectivity index (χ4v) is 1.50. The zero-order valence-corrected chi connectivity index (χ0v) is 8.04. The summed E-state index contributed by atoms with van der Waals surface area (Å²) in [6.45, 7) is 2.85. The summed E-state index contributed by atoms with van der Waals surface area (Å²) >= 11 is 0. The second kappa shape index (κ2) is 5.12. The number of rotatable bonds is 4. The predicted molar refractivity (Wildman–Crippen MR) is 48.5 cm³/mol. The standard InChI is InChI=1S/C10H16O3/c1-8(11)4-5-10(12)9-3-2-6-13-7-9/h9H,2-7H2,1H3. The zero-order valence-electron chi connectivity index (χ0n) is 8.04. The average Bonchev–Trinajstić information content (AvgIpc) is 2.15. The topological polar surface area (TPSA) is 43.4 Å². The first kappa shape index (κ1) is 10.4. The van der Waals surface area contributed by atoms with Crippen LogP contribution in [-0.2, 0) is 14.3 Å². The molecule has 3 nitrogen and oxygen atoms in total. The molecule has 0 aromatic carbocycles. The summed E-state index contributed by atoms with van der Waals surface area (Å²) in [6.07, 6.45) is 2.67. The molecule has 74 valence electrons. The van der Waals surface area contributed by atoms with Gasteiger partial charge in [-0.15, -0.1) is 0 Å². The Morgan fingerprint density at radius 2 is 2.15 bits per heavy atom. The largest absolute Gasteiger partial charge is 0.381 e. The molecule has 1 aliphatic rings. The van der Waals surface area contributed by atoms with Crippen LogP contribution >= 0.6 is 0 Å². The lowest BCUT2D eigenvalue weighted by molar-refractivity contribution is -0.129. The van der Waals surface area contributed by atoms with Crippen LogP contribution in [-0.4, -0.2) is 24.8 Å². The van der Waals surface area contributed by atoms with Crippen molar-refractivity contribution in [1.82, 2.24) is 0 Å². The number of carbonyl (C=O) groups is 2. The van der Waals surface area contributed by atoms with Crippen LogP contribution < -0.4 is 0 Å². The molecule has 13 heavy (non-hydrogen) atoms. The summed E-state index contributed by atoms with van der Waals surface area (Å²) in [5, 5.41) is 0. The fourth-order valence-electron chi connectivity index (χ4n) is 1.50. The van der Waals surface area contributed by atoms with Gasteiger partial charge in [0.15, 0.2) is 0 Å². The van der Waals surface area contributed by atoms with E-state index in [1.165, 1.54) is 6.92 Å². The molecule has 0 bridgehead atoms. The highest BCUT2D eigenvalue weighted by Crippen LogP contribution is 2.16. The maximum atomic E-state index is 11.5. The Labute approximate surface area is 78.5 Å². The van der Waals surface area contributed by atoms with Gasteiger partial charge in [-0.05, 0) is 19.8 Å². The Bertz CT molecular complexity index is 192. The Balaban J connectivity index is 2.25. The van der Waals surface area contributed by atoms with Crippen LogP contribution in [0, 0.1) is 5.92 Å². The summed E-state index contributed by atoms with van der Waals surface area (Å²) in [6, 6.07) is 0. The van der Waals surface area contributed by atoms with Gasteiger partial charge in [-0.25, -0.2) is 0 Å². The number of ketones is 2. The van der Waals surface area contributed by atoms with Gasteiger partial charge >= 0.3 is 0 Å². The monoisotopic (exact) mass is 184 g/mol. The molecule has 1 rings (SSSR count). The Hall–Kier alpha value is -0.700. The number of hydrogen-bond donors (Lipinski definition) is 0. The van der Waals surface area contributed by atoms with Crippen molar-refractivity contribution in [2.24, 2.45) is 5.92 Å². The minimum Gasteiger partial charge on any atom is -0.381 e. The van der Waals surface area contributed by atoms with Crippen molar-refractivity contribution in [2.45, 2.75) is 32.6 Å². The highest BCUT2D eigenvalue weighted by Gasteiger charge is 2.21. The van der Waals surface area contributed by atoms with E-state index < -0.39 is 0 Å². The average molecular weight is 184 g/mol. The number of hydrogen-bond acceptors (Lipinski definition) is 3. The maximum absolute atomic E-state index is 11.5. The predicted octanol–water partition coefficient (Wildman–Crippen LogP) is 1.35. The van der Waals surface area contributed by atoms with Crippen LogP contribution in [0.5, 0.6) is 0 Å². The van der Waals surface area contributed by atoms with Gasteiger partial charge in [0.1, 0.15) is 11.6 Å². The lowest BCUT2D eigenvalue weighted by Gasteiger charge is -2.20.